The first-order valence-electron chi connectivity index (χ1n) is 18.0. The summed E-state index contributed by atoms with van der Waals surface area (Å²) in [4.78, 5) is 15.0. The summed E-state index contributed by atoms with van der Waals surface area (Å²) in [6.07, 6.45) is 0. The van der Waals surface area contributed by atoms with Crippen LogP contribution in [0.5, 0.6) is 0 Å². The van der Waals surface area contributed by atoms with E-state index in [1.54, 1.807) is 12.1 Å². The summed E-state index contributed by atoms with van der Waals surface area (Å²) >= 11 is 0. The minimum absolute atomic E-state index is 0.0882. The van der Waals surface area contributed by atoms with Gasteiger partial charge in [-0.05, 0) is 57.6 Å². The van der Waals surface area contributed by atoms with E-state index in [-0.39, 0.29) is 41.2 Å². The average molecular weight is 632 g/mol. The van der Waals surface area contributed by atoms with Gasteiger partial charge >= 0.3 is 0 Å². The molecule has 0 N–H and O–H groups in total. The Balaban J connectivity index is 1.28. The minimum Gasteiger partial charge on any atom is -0.456 e. The number of benzene rings is 7. The van der Waals surface area contributed by atoms with Crippen molar-refractivity contribution in [3.8, 4) is 67.5 Å². The first-order valence-corrected chi connectivity index (χ1v) is 16.0. The second-order valence-electron chi connectivity index (χ2n) is 11.7. The smallest absolute Gasteiger partial charge is 0.164 e. The van der Waals surface area contributed by atoms with E-state index in [2.05, 4.69) is 24.3 Å². The third kappa shape index (κ3) is 5.45. The second-order valence-corrected chi connectivity index (χ2v) is 11.7. The summed E-state index contributed by atoms with van der Waals surface area (Å²) in [5.74, 6) is 1.12. The number of nitrogens with zero attached hydrogens (tertiary/aromatic N) is 3. The number of aromatic nitrogens is 3. The maximum Gasteiger partial charge on any atom is 0.164 e. The number of fused-ring (bicyclic) bond motifs is 3. The molecule has 0 aliphatic heterocycles. The summed E-state index contributed by atoms with van der Waals surface area (Å²) < 4.78 is 42.2. The highest BCUT2D eigenvalue weighted by Crippen LogP contribution is 2.38. The largest absolute Gasteiger partial charge is 0.456 e. The van der Waals surface area contributed by atoms with Crippen molar-refractivity contribution in [2.75, 3.05) is 0 Å². The van der Waals surface area contributed by atoms with Crippen LogP contribution < -0.4 is 0 Å². The lowest BCUT2D eigenvalue weighted by molar-refractivity contribution is 0.669. The molecule has 9 rings (SSSR count). The molecule has 0 radical (unpaired) electrons. The average Bonchev–Trinajstić information content (AvgIpc) is 3.64. The Labute approximate surface area is 289 Å². The van der Waals surface area contributed by atoms with Crippen LogP contribution in [0.25, 0.3) is 89.5 Å². The lowest BCUT2D eigenvalue weighted by Crippen LogP contribution is -2.00. The Morgan fingerprint density at radius 2 is 0.939 bits per heavy atom. The molecule has 49 heavy (non-hydrogen) atoms. The van der Waals surface area contributed by atoms with Crippen molar-refractivity contribution in [2.45, 2.75) is 0 Å². The van der Waals surface area contributed by atoms with Crippen molar-refractivity contribution < 1.29 is 9.90 Å². The van der Waals surface area contributed by atoms with E-state index < -0.39 is 0 Å². The Bertz CT molecular complexity index is 2810. The van der Waals surface area contributed by atoms with Gasteiger partial charge in [0.1, 0.15) is 11.2 Å². The van der Waals surface area contributed by atoms with Crippen LogP contribution in [0.15, 0.2) is 180 Å². The van der Waals surface area contributed by atoms with Crippen LogP contribution in [0.3, 0.4) is 0 Å². The van der Waals surface area contributed by atoms with Gasteiger partial charge in [0.05, 0.1) is 5.48 Å². The second kappa shape index (κ2) is 12.2. The SMILES string of the molecule is [2H]c1cc(-c2nc(-c3ccc(-c4ccccc4)cc3)nc(-c3cccc(-c4ccccc4)c3)n2)c2c(oc3c([2H])c(-c4ccccc4)cc([2H])c32)c1[2H]. The molecule has 230 valence electrons. The van der Waals surface area contributed by atoms with Gasteiger partial charge in [-0.2, -0.15) is 0 Å². The van der Waals surface area contributed by atoms with Crippen molar-refractivity contribution in [1.82, 2.24) is 15.0 Å². The van der Waals surface area contributed by atoms with E-state index in [9.17, 15) is 1.37 Å². The Morgan fingerprint density at radius 3 is 1.63 bits per heavy atom. The van der Waals surface area contributed by atoms with E-state index in [0.29, 0.717) is 33.5 Å². The van der Waals surface area contributed by atoms with Gasteiger partial charge in [0.2, 0.25) is 0 Å². The lowest BCUT2D eigenvalue weighted by Gasteiger charge is -2.11. The number of hydrogen-bond donors (Lipinski definition) is 0. The molecule has 4 nitrogen and oxygen atoms in total. The molecule has 2 heterocycles. The summed E-state index contributed by atoms with van der Waals surface area (Å²) in [7, 11) is 0. The predicted octanol–water partition coefficient (Wildman–Crippen LogP) is 11.8. The zero-order chi connectivity index (χ0) is 36.1. The molecule has 4 heteroatoms. The van der Waals surface area contributed by atoms with Crippen molar-refractivity contribution in [1.29, 1.82) is 0 Å². The molecule has 0 saturated carbocycles. The molecule has 0 bridgehead atoms. The predicted molar refractivity (Wildman–Crippen MR) is 200 cm³/mol. The number of rotatable bonds is 6. The third-order valence-electron chi connectivity index (χ3n) is 8.63. The molecular formula is C45H29N3O. The van der Waals surface area contributed by atoms with Gasteiger partial charge in [-0.1, -0.05) is 152 Å². The molecule has 9 aromatic rings. The van der Waals surface area contributed by atoms with Crippen molar-refractivity contribution in [3.05, 3.63) is 176 Å². The normalized spacial score (nSPS) is 12.4. The fourth-order valence-electron chi connectivity index (χ4n) is 6.17. The van der Waals surface area contributed by atoms with Gasteiger partial charge in [0.15, 0.2) is 17.5 Å². The number of furan rings is 1. The van der Waals surface area contributed by atoms with Crippen LogP contribution in [0.1, 0.15) is 5.48 Å². The zero-order valence-corrected chi connectivity index (χ0v) is 26.2. The van der Waals surface area contributed by atoms with E-state index in [1.807, 2.05) is 115 Å². The fraction of sp³-hybridized carbons (Fsp3) is 0. The molecule has 0 amide bonds. The van der Waals surface area contributed by atoms with Gasteiger partial charge < -0.3 is 4.42 Å². The van der Waals surface area contributed by atoms with Gasteiger partial charge in [0, 0.05) is 27.5 Å². The lowest BCUT2D eigenvalue weighted by atomic mass is 10.0. The zero-order valence-electron chi connectivity index (χ0n) is 30.2. The van der Waals surface area contributed by atoms with Crippen molar-refractivity contribution in [2.24, 2.45) is 0 Å². The maximum atomic E-state index is 9.18. The fourth-order valence-corrected chi connectivity index (χ4v) is 6.17. The minimum atomic E-state index is -0.137. The van der Waals surface area contributed by atoms with E-state index in [1.165, 1.54) is 0 Å². The third-order valence-corrected chi connectivity index (χ3v) is 8.63. The van der Waals surface area contributed by atoms with E-state index in [0.717, 1.165) is 38.9 Å². The highest BCUT2D eigenvalue weighted by atomic mass is 16.3. The van der Waals surface area contributed by atoms with E-state index in [4.69, 9.17) is 23.5 Å². The van der Waals surface area contributed by atoms with E-state index >= 15 is 0 Å². The summed E-state index contributed by atoms with van der Waals surface area (Å²) in [5, 5.41) is 0.787. The standard InChI is InChI=1S/C45H29N3O/c1-4-12-30(13-5-1)33-22-24-34(25-23-33)43-46-44(37-19-10-18-35(28-37)31-14-6-2-7-15-31)48-45(47-43)39-20-11-21-40-42(39)38-27-26-36(29-41(38)49-40)32-16-8-3-9-17-32/h1-29H/i11D,21D,27D,29D. The van der Waals surface area contributed by atoms with Gasteiger partial charge in [-0.15, -0.1) is 0 Å². The van der Waals surface area contributed by atoms with Gasteiger partial charge in [0.25, 0.3) is 0 Å². The molecular weight excluding hydrogens is 599 g/mol. The first-order chi connectivity index (χ1) is 25.9. The quantitative estimate of drug-likeness (QED) is 0.183. The van der Waals surface area contributed by atoms with Crippen LogP contribution in [0.4, 0.5) is 0 Å². The highest BCUT2D eigenvalue weighted by molar-refractivity contribution is 6.12. The van der Waals surface area contributed by atoms with Crippen LogP contribution in [-0.2, 0) is 0 Å². The monoisotopic (exact) mass is 631 g/mol. The Morgan fingerprint density at radius 1 is 0.408 bits per heavy atom. The van der Waals surface area contributed by atoms with Crippen LogP contribution >= 0.6 is 0 Å². The van der Waals surface area contributed by atoms with Crippen LogP contribution in [0.2, 0.25) is 0 Å². The first kappa shape index (κ1) is 24.5. The van der Waals surface area contributed by atoms with Gasteiger partial charge in [-0.25, -0.2) is 15.0 Å². The van der Waals surface area contributed by atoms with Crippen molar-refractivity contribution >= 4 is 21.9 Å². The molecule has 0 saturated heterocycles. The van der Waals surface area contributed by atoms with Crippen molar-refractivity contribution in [3.63, 3.8) is 0 Å². The number of hydrogen-bond acceptors (Lipinski definition) is 4. The molecule has 0 atom stereocenters. The maximum absolute atomic E-state index is 9.18. The molecule has 2 aromatic heterocycles. The topological polar surface area (TPSA) is 51.8 Å². The molecule has 0 spiro atoms. The molecule has 0 aliphatic rings. The Kier molecular flexibility index (Phi) is 6.09. The molecule has 0 fully saturated rings. The Hall–Kier alpha value is -6.65. The molecule has 7 aromatic carbocycles. The van der Waals surface area contributed by atoms with Crippen LogP contribution in [0, 0.1) is 0 Å². The summed E-state index contributed by atoms with van der Waals surface area (Å²) in [6, 6.07) is 48.9. The summed E-state index contributed by atoms with van der Waals surface area (Å²) in [6.45, 7) is 0. The molecule has 0 unspecified atom stereocenters. The van der Waals surface area contributed by atoms with Gasteiger partial charge in [-0.3, -0.25) is 0 Å². The highest BCUT2D eigenvalue weighted by Gasteiger charge is 2.18. The summed E-state index contributed by atoms with van der Waals surface area (Å²) in [5.41, 5.74) is 7.79. The molecule has 0 aliphatic carbocycles. The van der Waals surface area contributed by atoms with Crippen LogP contribution in [-0.4, -0.2) is 15.0 Å².